The number of phenols is 1. The molecule has 0 spiro atoms. The van der Waals surface area contributed by atoms with Crippen LogP contribution < -0.4 is 5.32 Å². The van der Waals surface area contributed by atoms with Crippen LogP contribution in [0.15, 0.2) is 18.2 Å². The zero-order valence-electron chi connectivity index (χ0n) is 13.4. The molecule has 0 radical (unpaired) electrons. The van der Waals surface area contributed by atoms with E-state index in [1.54, 1.807) is 12.1 Å². The SMILES string of the molecule is Cc1ccc(NC(=O)C2CCN(C(=O)C(C)C)CC2)c(O)c1. The first-order valence-electron chi connectivity index (χ1n) is 7.77. The van der Waals surface area contributed by atoms with Crippen LogP contribution in [0.2, 0.25) is 0 Å². The van der Waals surface area contributed by atoms with Gasteiger partial charge in [0.05, 0.1) is 5.69 Å². The quantitative estimate of drug-likeness (QED) is 0.843. The van der Waals surface area contributed by atoms with Crippen LogP contribution in [0.3, 0.4) is 0 Å². The Bertz CT molecular complexity index is 561. The van der Waals surface area contributed by atoms with Gasteiger partial charge in [0.15, 0.2) is 0 Å². The number of nitrogens with zero attached hydrogens (tertiary/aromatic N) is 1. The molecule has 5 nitrogen and oxygen atoms in total. The van der Waals surface area contributed by atoms with Crippen molar-refractivity contribution in [3.8, 4) is 5.75 Å². The maximum Gasteiger partial charge on any atom is 0.227 e. The van der Waals surface area contributed by atoms with Gasteiger partial charge in [-0.25, -0.2) is 0 Å². The number of hydrogen-bond donors (Lipinski definition) is 2. The average molecular weight is 304 g/mol. The number of aryl methyl sites for hydroxylation is 1. The van der Waals surface area contributed by atoms with E-state index in [9.17, 15) is 14.7 Å². The first-order chi connectivity index (χ1) is 10.4. The molecule has 5 heteroatoms. The zero-order chi connectivity index (χ0) is 16.3. The highest BCUT2D eigenvalue weighted by Crippen LogP contribution is 2.26. The molecule has 22 heavy (non-hydrogen) atoms. The maximum atomic E-state index is 12.3. The van der Waals surface area contributed by atoms with Crippen LogP contribution in [-0.2, 0) is 9.59 Å². The largest absolute Gasteiger partial charge is 0.506 e. The number of nitrogens with one attached hydrogen (secondary N) is 1. The number of aromatic hydroxyl groups is 1. The van der Waals surface area contributed by atoms with Crippen molar-refractivity contribution in [2.45, 2.75) is 33.6 Å². The third-order valence-corrected chi connectivity index (χ3v) is 4.08. The normalized spacial score (nSPS) is 15.9. The van der Waals surface area contributed by atoms with Gasteiger partial charge >= 0.3 is 0 Å². The molecule has 1 heterocycles. The van der Waals surface area contributed by atoms with Crippen molar-refractivity contribution < 1.29 is 14.7 Å². The van der Waals surface area contributed by atoms with Crippen molar-refractivity contribution >= 4 is 17.5 Å². The van der Waals surface area contributed by atoms with Gasteiger partial charge in [-0.1, -0.05) is 19.9 Å². The minimum absolute atomic E-state index is 0.00474. The number of amides is 2. The molecule has 2 rings (SSSR count). The molecule has 0 unspecified atom stereocenters. The molecule has 0 aliphatic carbocycles. The van der Waals surface area contributed by atoms with E-state index < -0.39 is 0 Å². The van der Waals surface area contributed by atoms with Gasteiger partial charge < -0.3 is 15.3 Å². The summed E-state index contributed by atoms with van der Waals surface area (Å²) in [5.41, 5.74) is 1.38. The van der Waals surface area contributed by atoms with Crippen LogP contribution in [0.4, 0.5) is 5.69 Å². The summed E-state index contributed by atoms with van der Waals surface area (Å²) in [6, 6.07) is 5.18. The second kappa shape index (κ2) is 6.81. The Morgan fingerprint density at radius 1 is 1.27 bits per heavy atom. The van der Waals surface area contributed by atoms with Crippen LogP contribution in [0, 0.1) is 18.8 Å². The van der Waals surface area contributed by atoms with Crippen molar-refractivity contribution in [1.29, 1.82) is 0 Å². The average Bonchev–Trinajstić information content (AvgIpc) is 2.49. The minimum Gasteiger partial charge on any atom is -0.506 e. The van der Waals surface area contributed by atoms with E-state index in [0.717, 1.165) is 5.56 Å². The van der Waals surface area contributed by atoms with Crippen molar-refractivity contribution in [1.82, 2.24) is 4.90 Å². The standard InChI is InChI=1S/C17H24N2O3/c1-11(2)17(22)19-8-6-13(7-9-19)16(21)18-14-5-4-12(3)10-15(14)20/h4-5,10-11,13,20H,6-9H2,1-3H3,(H,18,21). The molecule has 1 aromatic carbocycles. The van der Waals surface area contributed by atoms with E-state index in [1.165, 1.54) is 0 Å². The molecule has 0 aromatic heterocycles. The Morgan fingerprint density at radius 3 is 2.45 bits per heavy atom. The van der Waals surface area contributed by atoms with Gasteiger partial charge in [0.2, 0.25) is 11.8 Å². The highest BCUT2D eigenvalue weighted by molar-refractivity contribution is 5.94. The molecular weight excluding hydrogens is 280 g/mol. The minimum atomic E-state index is -0.114. The van der Waals surface area contributed by atoms with E-state index >= 15 is 0 Å². The van der Waals surface area contributed by atoms with Gasteiger partial charge in [-0.2, -0.15) is 0 Å². The highest BCUT2D eigenvalue weighted by Gasteiger charge is 2.28. The van der Waals surface area contributed by atoms with E-state index in [1.807, 2.05) is 31.7 Å². The lowest BCUT2D eigenvalue weighted by atomic mass is 9.95. The number of piperidine rings is 1. The number of benzene rings is 1. The lowest BCUT2D eigenvalue weighted by Gasteiger charge is -2.32. The van der Waals surface area contributed by atoms with Gasteiger partial charge in [-0.15, -0.1) is 0 Å². The number of anilines is 1. The Kier molecular flexibility index (Phi) is 5.06. The summed E-state index contributed by atoms with van der Waals surface area (Å²) >= 11 is 0. The third-order valence-electron chi connectivity index (χ3n) is 4.08. The summed E-state index contributed by atoms with van der Waals surface area (Å²) in [5, 5.41) is 12.6. The van der Waals surface area contributed by atoms with E-state index in [-0.39, 0.29) is 29.4 Å². The molecule has 0 bridgehead atoms. The lowest BCUT2D eigenvalue weighted by Crippen LogP contribution is -2.43. The van der Waals surface area contributed by atoms with Crippen molar-refractivity contribution in [3.05, 3.63) is 23.8 Å². The monoisotopic (exact) mass is 304 g/mol. The molecule has 2 N–H and O–H groups in total. The van der Waals surface area contributed by atoms with Gasteiger partial charge in [-0.05, 0) is 37.5 Å². The molecule has 2 amide bonds. The summed E-state index contributed by atoms with van der Waals surface area (Å²) < 4.78 is 0. The van der Waals surface area contributed by atoms with E-state index in [2.05, 4.69) is 5.32 Å². The van der Waals surface area contributed by atoms with Gasteiger partial charge in [0.25, 0.3) is 0 Å². The molecular formula is C17H24N2O3. The van der Waals surface area contributed by atoms with Gasteiger partial charge in [0.1, 0.15) is 5.75 Å². The zero-order valence-corrected chi connectivity index (χ0v) is 13.4. The fraction of sp³-hybridized carbons (Fsp3) is 0.529. The second-order valence-electron chi connectivity index (χ2n) is 6.26. The molecule has 1 saturated heterocycles. The molecule has 0 atom stereocenters. The fourth-order valence-electron chi connectivity index (χ4n) is 2.71. The molecule has 1 aliphatic heterocycles. The van der Waals surface area contributed by atoms with E-state index in [0.29, 0.717) is 31.6 Å². The number of rotatable bonds is 3. The number of likely N-dealkylation sites (tertiary alicyclic amines) is 1. The summed E-state index contributed by atoms with van der Waals surface area (Å²) in [5.74, 6) is 0.0263. The van der Waals surface area contributed by atoms with Crippen LogP contribution >= 0.6 is 0 Å². The Morgan fingerprint density at radius 2 is 1.91 bits per heavy atom. The predicted octanol–water partition coefficient (Wildman–Crippen LogP) is 2.53. The van der Waals surface area contributed by atoms with Crippen molar-refractivity contribution in [2.75, 3.05) is 18.4 Å². The van der Waals surface area contributed by atoms with Gasteiger partial charge in [0, 0.05) is 24.9 Å². The Labute approximate surface area is 131 Å². The van der Waals surface area contributed by atoms with Crippen LogP contribution in [0.5, 0.6) is 5.75 Å². The predicted molar refractivity (Wildman–Crippen MR) is 85.6 cm³/mol. The molecule has 1 aliphatic rings. The first-order valence-corrected chi connectivity index (χ1v) is 7.77. The molecule has 0 saturated carbocycles. The maximum absolute atomic E-state index is 12.3. The molecule has 1 aromatic rings. The molecule has 1 fully saturated rings. The lowest BCUT2D eigenvalue weighted by molar-refractivity contribution is -0.137. The summed E-state index contributed by atoms with van der Waals surface area (Å²) in [7, 11) is 0. The van der Waals surface area contributed by atoms with Crippen LogP contribution in [0.25, 0.3) is 0 Å². The number of carbonyl (C=O) groups excluding carboxylic acids is 2. The highest BCUT2D eigenvalue weighted by atomic mass is 16.3. The summed E-state index contributed by atoms with van der Waals surface area (Å²) in [4.78, 5) is 26.1. The van der Waals surface area contributed by atoms with Crippen LogP contribution in [-0.4, -0.2) is 34.9 Å². The summed E-state index contributed by atoms with van der Waals surface area (Å²) in [6.45, 7) is 6.90. The first kappa shape index (κ1) is 16.3. The Hall–Kier alpha value is -2.04. The fourth-order valence-corrected chi connectivity index (χ4v) is 2.71. The molecule has 120 valence electrons. The third kappa shape index (κ3) is 3.78. The number of phenolic OH excluding ortho intramolecular Hbond substituents is 1. The number of carbonyl (C=O) groups is 2. The van der Waals surface area contributed by atoms with Crippen LogP contribution in [0.1, 0.15) is 32.3 Å². The Balaban J connectivity index is 1.91. The topological polar surface area (TPSA) is 69.6 Å². The van der Waals surface area contributed by atoms with Gasteiger partial charge in [-0.3, -0.25) is 9.59 Å². The van der Waals surface area contributed by atoms with Crippen molar-refractivity contribution in [3.63, 3.8) is 0 Å². The summed E-state index contributed by atoms with van der Waals surface area (Å²) in [6.07, 6.45) is 1.33. The smallest absolute Gasteiger partial charge is 0.227 e. The number of hydrogen-bond acceptors (Lipinski definition) is 3. The van der Waals surface area contributed by atoms with E-state index in [4.69, 9.17) is 0 Å². The second-order valence-corrected chi connectivity index (χ2v) is 6.26. The van der Waals surface area contributed by atoms with Crippen molar-refractivity contribution in [2.24, 2.45) is 11.8 Å².